The quantitative estimate of drug-likeness (QED) is 0.534. The summed E-state index contributed by atoms with van der Waals surface area (Å²) in [6.07, 6.45) is 1.81. The first kappa shape index (κ1) is 9.34. The van der Waals surface area contributed by atoms with Gasteiger partial charge in [-0.05, 0) is 12.8 Å². The maximum absolute atomic E-state index is 4.28. The summed E-state index contributed by atoms with van der Waals surface area (Å²) in [6.45, 7) is 7.05. The Kier molecular flexibility index (Phi) is 4.81. The van der Waals surface area contributed by atoms with E-state index < -0.39 is 0 Å². The molecule has 0 rings (SSSR count). The molecule has 0 fully saturated rings. The number of hydrogen-bond donors (Lipinski definition) is 0. The molecule has 0 spiro atoms. The molecule has 0 aromatic heterocycles. The number of nitrogens with zero attached hydrogens (tertiary/aromatic N) is 2. The standard InChI is InChI=1S/C8H16N2/c1-7(2)8(3)10-6-5-9-4/h5,7H,6H2,1-4H3/b9-5-,10-8-. The molecular formula is C8H16N2. The third kappa shape index (κ3) is 4.24. The first-order valence-electron chi connectivity index (χ1n) is 3.60. The molecule has 0 N–H and O–H groups in total. The normalized spacial score (nSPS) is 13.5. The molecule has 10 heavy (non-hydrogen) atoms. The zero-order chi connectivity index (χ0) is 7.98. The lowest BCUT2D eigenvalue weighted by molar-refractivity contribution is 0.873. The fraction of sp³-hybridized carbons (Fsp3) is 0.750. The first-order chi connectivity index (χ1) is 4.68. The fourth-order valence-electron chi connectivity index (χ4n) is 0.449. The Hall–Kier alpha value is -0.660. The molecule has 0 aliphatic heterocycles. The predicted octanol–water partition coefficient (Wildman–Crippen LogP) is 1.80. The van der Waals surface area contributed by atoms with Crippen LogP contribution in [0.15, 0.2) is 9.98 Å². The van der Waals surface area contributed by atoms with Crippen molar-refractivity contribution in [3.05, 3.63) is 0 Å². The minimum absolute atomic E-state index is 0.560. The molecule has 0 unspecified atom stereocenters. The van der Waals surface area contributed by atoms with Crippen LogP contribution in [-0.2, 0) is 0 Å². The van der Waals surface area contributed by atoms with Crippen molar-refractivity contribution in [2.24, 2.45) is 15.9 Å². The number of aliphatic imine (C=N–C) groups is 2. The Morgan fingerprint density at radius 1 is 1.50 bits per heavy atom. The van der Waals surface area contributed by atoms with E-state index in [2.05, 4.69) is 23.8 Å². The van der Waals surface area contributed by atoms with Crippen LogP contribution in [0, 0.1) is 5.92 Å². The second kappa shape index (κ2) is 5.15. The maximum Gasteiger partial charge on any atom is 0.0737 e. The highest BCUT2D eigenvalue weighted by atomic mass is 14.8. The molecule has 0 aliphatic carbocycles. The van der Waals surface area contributed by atoms with Crippen molar-refractivity contribution >= 4 is 11.9 Å². The molecule has 0 heterocycles. The van der Waals surface area contributed by atoms with Gasteiger partial charge in [0.2, 0.25) is 0 Å². The van der Waals surface area contributed by atoms with E-state index in [1.807, 2.05) is 13.1 Å². The summed E-state index contributed by atoms with van der Waals surface area (Å²) in [5, 5.41) is 0. The number of rotatable bonds is 3. The summed E-state index contributed by atoms with van der Waals surface area (Å²) in [4.78, 5) is 8.12. The molecule has 0 aromatic carbocycles. The minimum Gasteiger partial charge on any atom is -0.299 e. The van der Waals surface area contributed by atoms with Gasteiger partial charge in [-0.15, -0.1) is 0 Å². The van der Waals surface area contributed by atoms with Crippen LogP contribution in [0.3, 0.4) is 0 Å². The molecule has 0 saturated carbocycles. The van der Waals surface area contributed by atoms with Crippen LogP contribution >= 0.6 is 0 Å². The van der Waals surface area contributed by atoms with E-state index in [0.29, 0.717) is 5.92 Å². The van der Waals surface area contributed by atoms with Crippen molar-refractivity contribution in [1.29, 1.82) is 0 Å². The molecule has 2 nitrogen and oxygen atoms in total. The second-order valence-corrected chi connectivity index (χ2v) is 2.58. The van der Waals surface area contributed by atoms with Crippen molar-refractivity contribution < 1.29 is 0 Å². The van der Waals surface area contributed by atoms with E-state index in [0.717, 1.165) is 6.54 Å². The summed E-state index contributed by atoms with van der Waals surface area (Å²) in [7, 11) is 1.76. The molecule has 0 bridgehead atoms. The van der Waals surface area contributed by atoms with Crippen LogP contribution in [0.25, 0.3) is 0 Å². The SMILES string of the molecule is C/N=C\C/N=C(/C)C(C)C. The van der Waals surface area contributed by atoms with E-state index in [1.54, 1.807) is 7.05 Å². The summed E-state index contributed by atoms with van der Waals surface area (Å²) in [6, 6.07) is 0. The molecule has 2 heteroatoms. The van der Waals surface area contributed by atoms with Gasteiger partial charge in [-0.1, -0.05) is 13.8 Å². The Balaban J connectivity index is 3.68. The first-order valence-corrected chi connectivity index (χ1v) is 3.60. The van der Waals surface area contributed by atoms with Crippen LogP contribution in [0.1, 0.15) is 20.8 Å². The molecule has 0 radical (unpaired) electrons. The summed E-state index contributed by atoms with van der Waals surface area (Å²) in [5.41, 5.74) is 1.19. The van der Waals surface area contributed by atoms with Crippen LogP contribution in [0.4, 0.5) is 0 Å². The molecular weight excluding hydrogens is 124 g/mol. The monoisotopic (exact) mass is 140 g/mol. The van der Waals surface area contributed by atoms with Crippen LogP contribution in [0.5, 0.6) is 0 Å². The van der Waals surface area contributed by atoms with Crippen molar-refractivity contribution in [2.45, 2.75) is 20.8 Å². The molecule has 58 valence electrons. The van der Waals surface area contributed by atoms with Crippen molar-refractivity contribution in [3.8, 4) is 0 Å². The Morgan fingerprint density at radius 2 is 2.10 bits per heavy atom. The smallest absolute Gasteiger partial charge is 0.0737 e. The van der Waals surface area contributed by atoms with Gasteiger partial charge in [-0.3, -0.25) is 9.98 Å². The van der Waals surface area contributed by atoms with E-state index in [1.165, 1.54) is 5.71 Å². The van der Waals surface area contributed by atoms with Crippen LogP contribution < -0.4 is 0 Å². The lowest BCUT2D eigenvalue weighted by Gasteiger charge is -2.01. The highest BCUT2D eigenvalue weighted by molar-refractivity contribution is 5.84. The third-order valence-corrected chi connectivity index (χ3v) is 1.44. The highest BCUT2D eigenvalue weighted by Gasteiger charge is 1.94. The largest absolute Gasteiger partial charge is 0.299 e. The zero-order valence-electron chi connectivity index (χ0n) is 7.26. The third-order valence-electron chi connectivity index (χ3n) is 1.44. The fourth-order valence-corrected chi connectivity index (χ4v) is 0.449. The Morgan fingerprint density at radius 3 is 2.50 bits per heavy atom. The summed E-state index contributed by atoms with van der Waals surface area (Å²) in [5.74, 6) is 0.560. The van der Waals surface area contributed by atoms with Gasteiger partial charge < -0.3 is 0 Å². The Labute approximate surface area is 63.1 Å². The van der Waals surface area contributed by atoms with Gasteiger partial charge in [0.25, 0.3) is 0 Å². The van der Waals surface area contributed by atoms with Crippen LogP contribution in [-0.4, -0.2) is 25.5 Å². The molecule has 0 amide bonds. The van der Waals surface area contributed by atoms with Gasteiger partial charge >= 0.3 is 0 Å². The van der Waals surface area contributed by atoms with Gasteiger partial charge in [0.1, 0.15) is 0 Å². The van der Waals surface area contributed by atoms with Gasteiger partial charge in [-0.2, -0.15) is 0 Å². The van der Waals surface area contributed by atoms with E-state index in [-0.39, 0.29) is 0 Å². The predicted molar refractivity (Wildman–Crippen MR) is 47.2 cm³/mol. The topological polar surface area (TPSA) is 24.7 Å². The van der Waals surface area contributed by atoms with E-state index in [4.69, 9.17) is 0 Å². The average molecular weight is 140 g/mol. The van der Waals surface area contributed by atoms with Gasteiger partial charge in [0.15, 0.2) is 0 Å². The van der Waals surface area contributed by atoms with Gasteiger partial charge in [0.05, 0.1) is 6.54 Å². The summed E-state index contributed by atoms with van der Waals surface area (Å²) < 4.78 is 0. The lowest BCUT2D eigenvalue weighted by Crippen LogP contribution is -2.02. The average Bonchev–Trinajstić information content (AvgIpc) is 1.88. The van der Waals surface area contributed by atoms with E-state index in [9.17, 15) is 0 Å². The number of hydrogen-bond acceptors (Lipinski definition) is 2. The van der Waals surface area contributed by atoms with Crippen molar-refractivity contribution in [3.63, 3.8) is 0 Å². The van der Waals surface area contributed by atoms with Crippen molar-refractivity contribution in [2.75, 3.05) is 13.6 Å². The highest BCUT2D eigenvalue weighted by Crippen LogP contribution is 1.94. The minimum atomic E-state index is 0.560. The van der Waals surface area contributed by atoms with Gasteiger partial charge in [0, 0.05) is 19.0 Å². The second-order valence-electron chi connectivity index (χ2n) is 2.58. The maximum atomic E-state index is 4.28. The van der Waals surface area contributed by atoms with Gasteiger partial charge in [-0.25, -0.2) is 0 Å². The summed E-state index contributed by atoms with van der Waals surface area (Å²) >= 11 is 0. The Bertz CT molecular complexity index is 134. The van der Waals surface area contributed by atoms with Crippen LogP contribution in [0.2, 0.25) is 0 Å². The van der Waals surface area contributed by atoms with E-state index >= 15 is 0 Å². The molecule has 0 saturated heterocycles. The molecule has 0 aliphatic rings. The molecule has 0 atom stereocenters. The lowest BCUT2D eigenvalue weighted by atomic mass is 10.1. The molecule has 0 aromatic rings. The van der Waals surface area contributed by atoms with Crippen molar-refractivity contribution in [1.82, 2.24) is 0 Å². The zero-order valence-corrected chi connectivity index (χ0v) is 7.26.